The van der Waals surface area contributed by atoms with Gasteiger partial charge in [0.1, 0.15) is 5.75 Å². The zero-order chi connectivity index (χ0) is 20.1. The molecule has 1 amide bonds. The maximum atomic E-state index is 12.8. The monoisotopic (exact) mass is 378 g/mol. The fourth-order valence-corrected chi connectivity index (χ4v) is 2.88. The Hall–Kier alpha value is -3.08. The van der Waals surface area contributed by atoms with Crippen molar-refractivity contribution in [3.63, 3.8) is 0 Å². The van der Waals surface area contributed by atoms with Crippen LogP contribution in [-0.2, 0) is 6.54 Å². The zero-order valence-corrected chi connectivity index (χ0v) is 16.8. The van der Waals surface area contributed by atoms with E-state index >= 15 is 0 Å². The largest absolute Gasteiger partial charge is 0.426 e. The van der Waals surface area contributed by atoms with Gasteiger partial charge in [0.2, 0.25) is 0 Å². The Labute approximate surface area is 166 Å². The van der Waals surface area contributed by atoms with Crippen LogP contribution in [0.5, 0.6) is 11.7 Å². The van der Waals surface area contributed by atoms with Crippen LogP contribution in [0.15, 0.2) is 59.3 Å². The molecule has 0 saturated heterocycles. The second kappa shape index (κ2) is 8.74. The molecule has 0 bridgehead atoms. The normalized spacial score (nSPS) is 10.9. The Morgan fingerprint density at radius 3 is 2.57 bits per heavy atom. The molecule has 0 fully saturated rings. The van der Waals surface area contributed by atoms with Gasteiger partial charge in [0.05, 0.1) is 0 Å². The molecule has 0 unspecified atom stereocenters. The van der Waals surface area contributed by atoms with Gasteiger partial charge >= 0.3 is 0 Å². The SMILES string of the molecule is CCN(Cc1ccncc1)C(=O)c1ccc(Oc2cc(C(C)C)ccc2C)o1. The predicted molar refractivity (Wildman–Crippen MR) is 109 cm³/mol. The molecule has 0 aliphatic carbocycles. The molecular weight excluding hydrogens is 352 g/mol. The first-order valence-corrected chi connectivity index (χ1v) is 9.54. The summed E-state index contributed by atoms with van der Waals surface area (Å²) in [6.45, 7) is 9.29. The van der Waals surface area contributed by atoms with Gasteiger partial charge in [-0.1, -0.05) is 26.0 Å². The van der Waals surface area contributed by atoms with Gasteiger partial charge in [0.25, 0.3) is 11.9 Å². The summed E-state index contributed by atoms with van der Waals surface area (Å²) in [5.41, 5.74) is 3.23. The molecule has 0 aliphatic heterocycles. The van der Waals surface area contributed by atoms with Crippen molar-refractivity contribution in [2.24, 2.45) is 0 Å². The minimum absolute atomic E-state index is 0.165. The van der Waals surface area contributed by atoms with Crippen molar-refractivity contribution in [2.45, 2.75) is 40.2 Å². The summed E-state index contributed by atoms with van der Waals surface area (Å²) < 4.78 is 11.6. The first-order chi connectivity index (χ1) is 13.5. The number of furan rings is 1. The molecule has 2 heterocycles. The summed E-state index contributed by atoms with van der Waals surface area (Å²) in [5, 5.41) is 0. The number of carbonyl (C=O) groups is 1. The Kier molecular flexibility index (Phi) is 6.14. The highest BCUT2D eigenvalue weighted by molar-refractivity contribution is 5.91. The fourth-order valence-electron chi connectivity index (χ4n) is 2.88. The molecule has 0 saturated carbocycles. The smallest absolute Gasteiger partial charge is 0.290 e. The van der Waals surface area contributed by atoms with Gasteiger partial charge in [-0.2, -0.15) is 0 Å². The number of hydrogen-bond donors (Lipinski definition) is 0. The second-order valence-electron chi connectivity index (χ2n) is 7.08. The lowest BCUT2D eigenvalue weighted by Crippen LogP contribution is -2.29. The number of ether oxygens (including phenoxy) is 1. The molecule has 0 aliphatic rings. The Bertz CT molecular complexity index is 932. The first kappa shape index (κ1) is 19.7. The molecule has 3 aromatic rings. The van der Waals surface area contributed by atoms with E-state index < -0.39 is 0 Å². The maximum Gasteiger partial charge on any atom is 0.290 e. The van der Waals surface area contributed by atoms with E-state index in [1.165, 1.54) is 5.56 Å². The van der Waals surface area contributed by atoms with Gasteiger partial charge in [-0.15, -0.1) is 0 Å². The van der Waals surface area contributed by atoms with Crippen LogP contribution in [0.2, 0.25) is 0 Å². The highest BCUT2D eigenvalue weighted by atomic mass is 16.6. The van der Waals surface area contributed by atoms with Gasteiger partial charge < -0.3 is 14.1 Å². The quantitative estimate of drug-likeness (QED) is 0.540. The molecule has 2 aromatic heterocycles. The van der Waals surface area contributed by atoms with E-state index in [0.717, 1.165) is 16.9 Å². The minimum atomic E-state index is -0.165. The van der Waals surface area contributed by atoms with Crippen LogP contribution < -0.4 is 4.74 Å². The third-order valence-corrected chi connectivity index (χ3v) is 4.67. The number of pyridine rings is 1. The molecule has 0 spiro atoms. The van der Waals surface area contributed by atoms with Crippen LogP contribution >= 0.6 is 0 Å². The van der Waals surface area contributed by atoms with Crippen molar-refractivity contribution in [1.29, 1.82) is 0 Å². The van der Waals surface area contributed by atoms with E-state index in [0.29, 0.717) is 25.0 Å². The van der Waals surface area contributed by atoms with Crippen molar-refractivity contribution < 1.29 is 13.9 Å². The lowest BCUT2D eigenvalue weighted by molar-refractivity contribution is 0.0715. The number of aromatic nitrogens is 1. The van der Waals surface area contributed by atoms with Gasteiger partial charge in [-0.3, -0.25) is 9.78 Å². The summed E-state index contributed by atoms with van der Waals surface area (Å²) in [6.07, 6.45) is 3.44. The molecule has 0 atom stereocenters. The molecular formula is C23H26N2O3. The van der Waals surface area contributed by atoms with Crippen molar-refractivity contribution >= 4 is 5.91 Å². The van der Waals surface area contributed by atoms with Crippen LogP contribution in [0.25, 0.3) is 0 Å². The third kappa shape index (κ3) is 4.60. The van der Waals surface area contributed by atoms with E-state index in [1.54, 1.807) is 29.4 Å². The molecule has 3 rings (SSSR count). The Balaban J connectivity index is 1.74. The third-order valence-electron chi connectivity index (χ3n) is 4.67. The van der Waals surface area contributed by atoms with Crippen LogP contribution in [-0.4, -0.2) is 22.3 Å². The molecule has 146 valence electrons. The topological polar surface area (TPSA) is 55.6 Å². The lowest BCUT2D eigenvalue weighted by atomic mass is 10.0. The van der Waals surface area contributed by atoms with E-state index in [1.807, 2.05) is 38.1 Å². The van der Waals surface area contributed by atoms with E-state index in [4.69, 9.17) is 9.15 Å². The van der Waals surface area contributed by atoms with Crippen LogP contribution in [0, 0.1) is 6.92 Å². The molecule has 0 radical (unpaired) electrons. The first-order valence-electron chi connectivity index (χ1n) is 9.54. The number of hydrogen-bond acceptors (Lipinski definition) is 4. The average Bonchev–Trinajstić information content (AvgIpc) is 3.16. The summed E-state index contributed by atoms with van der Waals surface area (Å²) in [4.78, 5) is 18.6. The Morgan fingerprint density at radius 2 is 1.89 bits per heavy atom. The number of amides is 1. The number of rotatable bonds is 7. The van der Waals surface area contributed by atoms with Crippen molar-refractivity contribution in [2.75, 3.05) is 6.54 Å². The van der Waals surface area contributed by atoms with Gasteiger partial charge in [-0.25, -0.2) is 0 Å². The minimum Gasteiger partial charge on any atom is -0.426 e. The average molecular weight is 378 g/mol. The number of nitrogens with zero attached hydrogens (tertiary/aromatic N) is 2. The van der Waals surface area contributed by atoms with E-state index in [-0.39, 0.29) is 11.7 Å². The molecule has 1 aromatic carbocycles. The van der Waals surface area contributed by atoms with Crippen LogP contribution in [0.4, 0.5) is 0 Å². The van der Waals surface area contributed by atoms with Crippen LogP contribution in [0.3, 0.4) is 0 Å². The second-order valence-corrected chi connectivity index (χ2v) is 7.08. The van der Waals surface area contributed by atoms with Crippen LogP contribution in [0.1, 0.15) is 53.9 Å². The molecule has 28 heavy (non-hydrogen) atoms. The maximum absolute atomic E-state index is 12.8. The van der Waals surface area contributed by atoms with Crippen molar-refractivity contribution in [1.82, 2.24) is 9.88 Å². The van der Waals surface area contributed by atoms with Gasteiger partial charge in [0.15, 0.2) is 5.76 Å². The van der Waals surface area contributed by atoms with Gasteiger partial charge in [-0.05, 0) is 60.7 Å². The summed E-state index contributed by atoms with van der Waals surface area (Å²) in [5.74, 6) is 1.56. The highest BCUT2D eigenvalue weighted by Gasteiger charge is 2.19. The predicted octanol–water partition coefficient (Wildman–Crippen LogP) is 5.56. The standard InChI is InChI=1S/C23H26N2O3/c1-5-25(15-18-10-12-24-13-11-18)23(26)20-8-9-22(27-20)28-21-14-19(16(2)3)7-6-17(21)4/h6-14,16H,5,15H2,1-4H3. The lowest BCUT2D eigenvalue weighted by Gasteiger charge is -2.19. The Morgan fingerprint density at radius 1 is 1.14 bits per heavy atom. The summed E-state index contributed by atoms with van der Waals surface area (Å²) in [6, 6.07) is 13.3. The fraction of sp³-hybridized carbons (Fsp3) is 0.304. The number of aryl methyl sites for hydroxylation is 1. The molecule has 0 N–H and O–H groups in total. The van der Waals surface area contributed by atoms with E-state index in [9.17, 15) is 4.79 Å². The zero-order valence-electron chi connectivity index (χ0n) is 16.8. The molecule has 5 nitrogen and oxygen atoms in total. The highest BCUT2D eigenvalue weighted by Crippen LogP contribution is 2.30. The van der Waals surface area contributed by atoms with Gasteiger partial charge in [0, 0.05) is 31.5 Å². The van der Waals surface area contributed by atoms with E-state index in [2.05, 4.69) is 24.9 Å². The summed E-state index contributed by atoms with van der Waals surface area (Å²) in [7, 11) is 0. The summed E-state index contributed by atoms with van der Waals surface area (Å²) >= 11 is 0. The number of benzene rings is 1. The molecule has 5 heteroatoms. The van der Waals surface area contributed by atoms with Crippen molar-refractivity contribution in [3.05, 3.63) is 77.3 Å². The van der Waals surface area contributed by atoms with Crippen molar-refractivity contribution in [3.8, 4) is 11.7 Å². The number of carbonyl (C=O) groups excluding carboxylic acids is 1.